The third-order valence-corrected chi connectivity index (χ3v) is 3.85. The van der Waals surface area contributed by atoms with Crippen molar-refractivity contribution in [2.45, 2.75) is 9.71 Å². The molecule has 0 aliphatic carbocycles. The van der Waals surface area contributed by atoms with E-state index in [4.69, 9.17) is 34.8 Å². The van der Waals surface area contributed by atoms with Crippen LogP contribution in [0.2, 0.25) is 0 Å². The Balaban J connectivity index is 2.47. The molecule has 0 aromatic heterocycles. The smallest absolute Gasteiger partial charge is 0.0826 e. The van der Waals surface area contributed by atoms with Gasteiger partial charge in [-0.1, -0.05) is 93.2 Å². The van der Waals surface area contributed by atoms with Crippen LogP contribution in [0.4, 0.5) is 0 Å². The minimum Gasteiger partial charge on any atom is -0.0826 e. The Kier molecular flexibility index (Phi) is 4.60. The van der Waals surface area contributed by atoms with Crippen LogP contribution in [0.5, 0.6) is 0 Å². The summed E-state index contributed by atoms with van der Waals surface area (Å²) in [5, 5.41) is 0. The summed E-state index contributed by atoms with van der Waals surface area (Å²) in [4.78, 5) is 0. The SMILES string of the molecule is ClC(Cl)(Cl)[C@@H](c1ccccc1)c1ccc(Br)cc1. The monoisotopic (exact) mass is 362 g/mol. The van der Waals surface area contributed by atoms with Crippen molar-refractivity contribution >= 4 is 50.7 Å². The van der Waals surface area contributed by atoms with Crippen LogP contribution >= 0.6 is 50.7 Å². The largest absolute Gasteiger partial charge is 0.201 e. The second-order valence-corrected chi connectivity index (χ2v) is 7.22. The quantitative estimate of drug-likeness (QED) is 0.578. The molecule has 0 bridgehead atoms. The van der Waals surface area contributed by atoms with E-state index in [0.717, 1.165) is 15.6 Å². The van der Waals surface area contributed by atoms with Crippen molar-refractivity contribution in [3.8, 4) is 0 Å². The molecular formula is C14H10BrCl3. The van der Waals surface area contributed by atoms with Crippen molar-refractivity contribution in [2.75, 3.05) is 0 Å². The summed E-state index contributed by atoms with van der Waals surface area (Å²) in [6.45, 7) is 0. The van der Waals surface area contributed by atoms with Crippen LogP contribution in [0.25, 0.3) is 0 Å². The van der Waals surface area contributed by atoms with Gasteiger partial charge in [-0.05, 0) is 23.3 Å². The van der Waals surface area contributed by atoms with Gasteiger partial charge in [0.25, 0.3) is 0 Å². The third kappa shape index (κ3) is 3.42. The Morgan fingerprint density at radius 1 is 0.778 bits per heavy atom. The summed E-state index contributed by atoms with van der Waals surface area (Å²) in [5.74, 6) is -0.281. The Morgan fingerprint density at radius 3 is 1.78 bits per heavy atom. The van der Waals surface area contributed by atoms with Gasteiger partial charge in [-0.2, -0.15) is 0 Å². The van der Waals surface area contributed by atoms with Crippen LogP contribution in [-0.2, 0) is 0 Å². The van der Waals surface area contributed by atoms with Gasteiger partial charge in [-0.3, -0.25) is 0 Å². The van der Waals surface area contributed by atoms with E-state index in [-0.39, 0.29) is 5.92 Å². The highest BCUT2D eigenvalue weighted by atomic mass is 79.9. The summed E-state index contributed by atoms with van der Waals surface area (Å²) < 4.78 is -0.378. The van der Waals surface area contributed by atoms with Crippen LogP contribution in [0.1, 0.15) is 17.0 Å². The molecule has 1 atom stereocenters. The molecule has 2 aromatic carbocycles. The molecule has 2 aromatic rings. The maximum Gasteiger partial charge on any atom is 0.201 e. The first-order valence-electron chi connectivity index (χ1n) is 5.35. The Hall–Kier alpha value is -0.210. The van der Waals surface area contributed by atoms with Gasteiger partial charge < -0.3 is 0 Å². The maximum atomic E-state index is 6.13. The van der Waals surface area contributed by atoms with Crippen molar-refractivity contribution in [3.05, 3.63) is 70.2 Å². The first kappa shape index (κ1) is 14.2. The Morgan fingerprint density at radius 2 is 1.28 bits per heavy atom. The van der Waals surface area contributed by atoms with Crippen molar-refractivity contribution in [2.24, 2.45) is 0 Å². The predicted octanol–water partition coefficient (Wildman–Crippen LogP) is 5.95. The van der Waals surface area contributed by atoms with Gasteiger partial charge >= 0.3 is 0 Å². The van der Waals surface area contributed by atoms with Gasteiger partial charge in [-0.25, -0.2) is 0 Å². The highest BCUT2D eigenvalue weighted by Crippen LogP contribution is 2.45. The molecule has 0 fully saturated rings. The van der Waals surface area contributed by atoms with E-state index in [1.165, 1.54) is 0 Å². The topological polar surface area (TPSA) is 0 Å². The average molecular weight is 364 g/mol. The second kappa shape index (κ2) is 5.83. The van der Waals surface area contributed by atoms with Crippen LogP contribution in [-0.4, -0.2) is 3.79 Å². The highest BCUT2D eigenvalue weighted by molar-refractivity contribution is 9.10. The lowest BCUT2D eigenvalue weighted by molar-refractivity contribution is 0.839. The van der Waals surface area contributed by atoms with E-state index in [1.807, 2.05) is 54.6 Å². The second-order valence-electron chi connectivity index (χ2n) is 3.94. The Bertz CT molecular complexity index is 503. The van der Waals surface area contributed by atoms with Gasteiger partial charge in [0, 0.05) is 4.47 Å². The summed E-state index contributed by atoms with van der Waals surface area (Å²) in [7, 11) is 0. The Labute approximate surface area is 130 Å². The van der Waals surface area contributed by atoms with Crippen molar-refractivity contribution in [1.29, 1.82) is 0 Å². The lowest BCUT2D eigenvalue weighted by Gasteiger charge is -2.25. The van der Waals surface area contributed by atoms with E-state index in [9.17, 15) is 0 Å². The molecule has 0 amide bonds. The summed E-state index contributed by atoms with van der Waals surface area (Å²) in [6.07, 6.45) is 0. The molecule has 18 heavy (non-hydrogen) atoms. The van der Waals surface area contributed by atoms with Crippen LogP contribution in [0.3, 0.4) is 0 Å². The minimum atomic E-state index is -1.38. The van der Waals surface area contributed by atoms with E-state index in [1.54, 1.807) is 0 Å². The van der Waals surface area contributed by atoms with Crippen LogP contribution in [0.15, 0.2) is 59.1 Å². The van der Waals surface area contributed by atoms with Crippen molar-refractivity contribution in [1.82, 2.24) is 0 Å². The summed E-state index contributed by atoms with van der Waals surface area (Å²) >= 11 is 21.8. The number of rotatable bonds is 2. The van der Waals surface area contributed by atoms with Gasteiger partial charge in [0.15, 0.2) is 0 Å². The zero-order valence-corrected chi connectivity index (χ0v) is 13.1. The third-order valence-electron chi connectivity index (χ3n) is 2.66. The number of benzene rings is 2. The van der Waals surface area contributed by atoms with E-state index in [2.05, 4.69) is 15.9 Å². The molecule has 0 aliphatic rings. The number of alkyl halides is 3. The van der Waals surface area contributed by atoms with Gasteiger partial charge in [0.05, 0.1) is 5.92 Å². The lowest BCUT2D eigenvalue weighted by Crippen LogP contribution is -2.18. The lowest BCUT2D eigenvalue weighted by atomic mass is 9.93. The normalized spacial score (nSPS) is 13.3. The molecule has 0 N–H and O–H groups in total. The molecule has 0 radical (unpaired) electrons. The van der Waals surface area contributed by atoms with Crippen LogP contribution < -0.4 is 0 Å². The molecule has 0 aliphatic heterocycles. The average Bonchev–Trinajstić information content (AvgIpc) is 2.32. The number of hydrogen-bond acceptors (Lipinski definition) is 0. The fourth-order valence-electron chi connectivity index (χ4n) is 1.87. The zero-order chi connectivity index (χ0) is 13.2. The molecule has 0 heterocycles. The number of halogens is 4. The zero-order valence-electron chi connectivity index (χ0n) is 9.29. The summed E-state index contributed by atoms with van der Waals surface area (Å²) in [6, 6.07) is 17.6. The minimum absolute atomic E-state index is 0.281. The molecule has 0 saturated carbocycles. The van der Waals surface area contributed by atoms with E-state index < -0.39 is 3.79 Å². The molecule has 94 valence electrons. The van der Waals surface area contributed by atoms with Crippen molar-refractivity contribution < 1.29 is 0 Å². The number of hydrogen-bond donors (Lipinski definition) is 0. The molecule has 4 heteroatoms. The van der Waals surface area contributed by atoms with Gasteiger partial charge in [0.2, 0.25) is 3.79 Å². The predicted molar refractivity (Wildman–Crippen MR) is 82.7 cm³/mol. The molecule has 0 spiro atoms. The van der Waals surface area contributed by atoms with Gasteiger partial charge in [0.1, 0.15) is 0 Å². The first-order valence-corrected chi connectivity index (χ1v) is 7.28. The fraction of sp³-hybridized carbons (Fsp3) is 0.143. The van der Waals surface area contributed by atoms with E-state index in [0.29, 0.717) is 0 Å². The van der Waals surface area contributed by atoms with Gasteiger partial charge in [-0.15, -0.1) is 0 Å². The fourth-order valence-corrected chi connectivity index (χ4v) is 2.89. The molecule has 0 nitrogen and oxygen atoms in total. The highest BCUT2D eigenvalue weighted by Gasteiger charge is 2.34. The van der Waals surface area contributed by atoms with E-state index >= 15 is 0 Å². The maximum absolute atomic E-state index is 6.13. The first-order chi connectivity index (χ1) is 8.48. The standard InChI is InChI=1S/C14H10BrCl3/c15-12-8-6-11(7-9-12)13(14(16,17)18)10-4-2-1-3-5-10/h1-9,13H/t13-/m0/s1. The molecular weight excluding hydrogens is 354 g/mol. The molecule has 0 unspecified atom stereocenters. The van der Waals surface area contributed by atoms with Crippen LogP contribution in [0, 0.1) is 0 Å². The molecule has 2 rings (SSSR count). The van der Waals surface area contributed by atoms with Crippen molar-refractivity contribution in [3.63, 3.8) is 0 Å². The summed E-state index contributed by atoms with van der Waals surface area (Å²) in [5.41, 5.74) is 1.96. The molecule has 0 saturated heterocycles.